The summed E-state index contributed by atoms with van der Waals surface area (Å²) in [5, 5.41) is 2.86. The van der Waals surface area contributed by atoms with Gasteiger partial charge in [0.1, 0.15) is 11.6 Å². The van der Waals surface area contributed by atoms with E-state index in [2.05, 4.69) is 15.3 Å². The number of hydrogen-bond donors (Lipinski definition) is 2. The molecule has 1 amide bonds. The predicted molar refractivity (Wildman–Crippen MR) is 74.6 cm³/mol. The first-order valence-electron chi connectivity index (χ1n) is 6.73. The number of carbonyl (C=O) groups is 1. The van der Waals surface area contributed by atoms with Gasteiger partial charge >= 0.3 is 0 Å². The minimum absolute atomic E-state index is 0.00583. The summed E-state index contributed by atoms with van der Waals surface area (Å²) in [5.74, 6) is 0.661. The highest BCUT2D eigenvalue weighted by Gasteiger charge is 2.03. The van der Waals surface area contributed by atoms with E-state index in [4.69, 9.17) is 0 Å². The number of hydrogen-bond acceptors (Lipinski definition) is 2. The first-order chi connectivity index (χ1) is 9.74. The lowest BCUT2D eigenvalue weighted by atomic mass is 10.1. The van der Waals surface area contributed by atoms with E-state index in [9.17, 15) is 9.18 Å². The fourth-order valence-corrected chi connectivity index (χ4v) is 1.96. The third-order valence-electron chi connectivity index (χ3n) is 3.00. The molecule has 0 saturated carbocycles. The second-order valence-corrected chi connectivity index (χ2v) is 4.62. The molecular formula is C15H18FN3O. The predicted octanol–water partition coefficient (Wildman–Crippen LogP) is 2.23. The first-order valence-corrected chi connectivity index (χ1v) is 6.73. The maximum absolute atomic E-state index is 13.0. The Morgan fingerprint density at radius 1 is 1.35 bits per heavy atom. The number of aromatic amines is 1. The molecule has 0 saturated heterocycles. The van der Waals surface area contributed by atoms with Gasteiger partial charge in [-0.05, 0) is 30.5 Å². The van der Waals surface area contributed by atoms with Crippen LogP contribution < -0.4 is 5.32 Å². The number of aromatic nitrogens is 2. The Balaban J connectivity index is 1.61. The van der Waals surface area contributed by atoms with Gasteiger partial charge in [-0.3, -0.25) is 4.79 Å². The fourth-order valence-electron chi connectivity index (χ4n) is 1.96. The number of benzene rings is 1. The molecule has 0 unspecified atom stereocenters. The van der Waals surface area contributed by atoms with E-state index in [1.807, 2.05) is 6.07 Å². The van der Waals surface area contributed by atoms with E-state index in [-0.39, 0.29) is 11.7 Å². The van der Waals surface area contributed by atoms with Crippen molar-refractivity contribution in [2.75, 3.05) is 6.54 Å². The highest BCUT2D eigenvalue weighted by atomic mass is 19.1. The molecule has 1 aromatic carbocycles. The summed E-state index contributed by atoms with van der Waals surface area (Å²) < 4.78 is 13.0. The Bertz CT molecular complexity index is 540. The molecule has 4 nitrogen and oxygen atoms in total. The maximum atomic E-state index is 13.0. The molecule has 1 aromatic heterocycles. The molecular weight excluding hydrogens is 257 g/mol. The van der Waals surface area contributed by atoms with E-state index in [0.29, 0.717) is 19.4 Å². The van der Waals surface area contributed by atoms with Gasteiger partial charge in [-0.15, -0.1) is 0 Å². The van der Waals surface area contributed by atoms with Crippen molar-refractivity contribution in [2.24, 2.45) is 0 Å². The van der Waals surface area contributed by atoms with E-state index < -0.39 is 0 Å². The molecule has 0 spiro atoms. The molecule has 1 heterocycles. The Labute approximate surface area is 117 Å². The highest BCUT2D eigenvalue weighted by molar-refractivity contribution is 5.76. The Kier molecular flexibility index (Phi) is 5.29. The zero-order valence-corrected chi connectivity index (χ0v) is 11.2. The number of halogens is 1. The van der Waals surface area contributed by atoms with Crippen molar-refractivity contribution in [3.05, 3.63) is 53.9 Å². The van der Waals surface area contributed by atoms with Crippen LogP contribution in [0.5, 0.6) is 0 Å². The number of nitrogens with zero attached hydrogens (tertiary/aromatic N) is 1. The summed E-state index contributed by atoms with van der Waals surface area (Å²) in [7, 11) is 0. The summed E-state index contributed by atoms with van der Waals surface area (Å²) in [4.78, 5) is 18.8. The number of rotatable bonds is 7. The SMILES string of the molecule is O=C(CCc1cccc(F)c1)NCCCc1ncc[nH]1. The molecule has 0 fully saturated rings. The number of amides is 1. The molecule has 0 atom stereocenters. The van der Waals surface area contributed by atoms with Crippen molar-refractivity contribution >= 4 is 5.91 Å². The lowest BCUT2D eigenvalue weighted by molar-refractivity contribution is -0.121. The van der Waals surface area contributed by atoms with Crippen LogP contribution in [-0.2, 0) is 17.6 Å². The minimum Gasteiger partial charge on any atom is -0.356 e. The van der Waals surface area contributed by atoms with E-state index in [1.54, 1.807) is 18.5 Å². The molecule has 0 radical (unpaired) electrons. The van der Waals surface area contributed by atoms with Crippen LogP contribution in [0.15, 0.2) is 36.7 Å². The zero-order chi connectivity index (χ0) is 14.2. The number of H-pyrrole nitrogens is 1. The van der Waals surface area contributed by atoms with E-state index >= 15 is 0 Å². The number of carbonyl (C=O) groups excluding carboxylic acids is 1. The molecule has 106 valence electrons. The van der Waals surface area contributed by atoms with Gasteiger partial charge < -0.3 is 10.3 Å². The van der Waals surface area contributed by atoms with Gasteiger partial charge in [0, 0.05) is 31.8 Å². The van der Waals surface area contributed by atoms with Crippen LogP contribution in [0.3, 0.4) is 0 Å². The van der Waals surface area contributed by atoms with Crippen LogP contribution in [0.4, 0.5) is 4.39 Å². The Morgan fingerprint density at radius 2 is 2.25 bits per heavy atom. The summed E-state index contributed by atoms with van der Waals surface area (Å²) in [6, 6.07) is 6.35. The Hall–Kier alpha value is -2.17. The molecule has 0 bridgehead atoms. The summed E-state index contributed by atoms with van der Waals surface area (Å²) in [5.41, 5.74) is 0.843. The summed E-state index contributed by atoms with van der Waals surface area (Å²) in [6.45, 7) is 0.628. The van der Waals surface area contributed by atoms with Gasteiger partial charge in [0.25, 0.3) is 0 Å². The topological polar surface area (TPSA) is 57.8 Å². The summed E-state index contributed by atoms with van der Waals surface area (Å²) >= 11 is 0. The van der Waals surface area contributed by atoms with Crippen molar-refractivity contribution in [1.82, 2.24) is 15.3 Å². The van der Waals surface area contributed by atoms with Crippen molar-refractivity contribution in [3.8, 4) is 0 Å². The van der Waals surface area contributed by atoms with Crippen LogP contribution in [0.2, 0.25) is 0 Å². The van der Waals surface area contributed by atoms with Gasteiger partial charge in [-0.2, -0.15) is 0 Å². The first kappa shape index (κ1) is 14.2. The average molecular weight is 275 g/mol. The second kappa shape index (κ2) is 7.43. The van der Waals surface area contributed by atoms with Gasteiger partial charge in [0.2, 0.25) is 5.91 Å². The lowest BCUT2D eigenvalue weighted by Gasteiger charge is -2.05. The third-order valence-corrected chi connectivity index (χ3v) is 3.00. The van der Waals surface area contributed by atoms with Gasteiger partial charge in [0.05, 0.1) is 0 Å². The van der Waals surface area contributed by atoms with Crippen molar-refractivity contribution in [3.63, 3.8) is 0 Å². The molecule has 2 aromatic rings. The monoisotopic (exact) mass is 275 g/mol. The van der Waals surface area contributed by atoms with E-state index in [1.165, 1.54) is 12.1 Å². The van der Waals surface area contributed by atoms with Crippen LogP contribution in [0.25, 0.3) is 0 Å². The molecule has 20 heavy (non-hydrogen) atoms. The minimum atomic E-state index is -0.263. The molecule has 0 aliphatic rings. The standard InChI is InChI=1S/C15H18FN3O/c16-13-4-1-3-12(11-13)6-7-15(20)19-8-2-5-14-17-9-10-18-14/h1,3-4,9-11H,2,5-8H2,(H,17,18)(H,19,20). The average Bonchev–Trinajstić information content (AvgIpc) is 2.95. The van der Waals surface area contributed by atoms with Crippen molar-refractivity contribution in [1.29, 1.82) is 0 Å². The fraction of sp³-hybridized carbons (Fsp3) is 0.333. The largest absolute Gasteiger partial charge is 0.356 e. The van der Waals surface area contributed by atoms with Gasteiger partial charge in [0.15, 0.2) is 0 Å². The van der Waals surface area contributed by atoms with Crippen molar-refractivity contribution in [2.45, 2.75) is 25.7 Å². The van der Waals surface area contributed by atoms with Gasteiger partial charge in [-0.25, -0.2) is 9.37 Å². The second-order valence-electron chi connectivity index (χ2n) is 4.62. The Morgan fingerprint density at radius 3 is 3.00 bits per heavy atom. The van der Waals surface area contributed by atoms with Crippen LogP contribution in [0, 0.1) is 5.82 Å². The third kappa shape index (κ3) is 4.84. The molecule has 5 heteroatoms. The zero-order valence-electron chi connectivity index (χ0n) is 11.2. The number of aryl methyl sites for hydroxylation is 2. The molecule has 0 aliphatic heterocycles. The molecule has 2 rings (SSSR count). The number of nitrogens with one attached hydrogen (secondary N) is 2. The quantitative estimate of drug-likeness (QED) is 0.761. The highest BCUT2D eigenvalue weighted by Crippen LogP contribution is 2.06. The summed E-state index contributed by atoms with van der Waals surface area (Å²) in [6.07, 6.45) is 6.10. The normalized spacial score (nSPS) is 10.4. The molecule has 2 N–H and O–H groups in total. The van der Waals surface area contributed by atoms with Crippen LogP contribution >= 0.6 is 0 Å². The smallest absolute Gasteiger partial charge is 0.220 e. The number of imidazole rings is 1. The van der Waals surface area contributed by atoms with Crippen LogP contribution in [-0.4, -0.2) is 22.4 Å². The maximum Gasteiger partial charge on any atom is 0.220 e. The van der Waals surface area contributed by atoms with E-state index in [0.717, 1.165) is 24.2 Å². The van der Waals surface area contributed by atoms with Crippen LogP contribution in [0.1, 0.15) is 24.2 Å². The van der Waals surface area contributed by atoms with Gasteiger partial charge in [-0.1, -0.05) is 12.1 Å². The molecule has 0 aliphatic carbocycles. The lowest BCUT2D eigenvalue weighted by Crippen LogP contribution is -2.25. The van der Waals surface area contributed by atoms with Crippen molar-refractivity contribution < 1.29 is 9.18 Å².